The monoisotopic (exact) mass is 125 g/mol. The van der Waals surface area contributed by atoms with Crippen LogP contribution in [0.25, 0.3) is 0 Å². The Bertz CT molecular complexity index is 121. The van der Waals surface area contributed by atoms with E-state index < -0.39 is 0 Å². The first kappa shape index (κ1) is 8.41. The maximum absolute atomic E-state index is 4.11. The molecule has 0 spiro atoms. The van der Waals surface area contributed by atoms with Gasteiger partial charge < -0.3 is 0 Å². The number of nitrogens with zero attached hydrogens (tertiary/aromatic N) is 1. The van der Waals surface area contributed by atoms with E-state index in [1.807, 2.05) is 26.1 Å². The summed E-state index contributed by atoms with van der Waals surface area (Å²) in [5.41, 5.74) is 1.16. The standard InChI is InChI=1S/C8H15N/c1-5-6-8(9-4)7(2)3/h5-7H,1-4H3/b6-5-,9-8?. The van der Waals surface area contributed by atoms with E-state index in [0.717, 1.165) is 5.71 Å². The first-order valence-electron chi connectivity index (χ1n) is 3.31. The van der Waals surface area contributed by atoms with Gasteiger partial charge in [0.2, 0.25) is 0 Å². The summed E-state index contributed by atoms with van der Waals surface area (Å²) in [6.45, 7) is 6.29. The second-order valence-corrected chi connectivity index (χ2v) is 2.30. The van der Waals surface area contributed by atoms with Crippen molar-refractivity contribution in [3.05, 3.63) is 12.2 Å². The Morgan fingerprint density at radius 3 is 2.11 bits per heavy atom. The molecule has 0 aliphatic rings. The zero-order chi connectivity index (χ0) is 7.28. The zero-order valence-electron chi connectivity index (χ0n) is 6.68. The highest BCUT2D eigenvalue weighted by Gasteiger charge is 1.96. The first-order valence-corrected chi connectivity index (χ1v) is 3.31. The third-order valence-corrected chi connectivity index (χ3v) is 1.19. The quantitative estimate of drug-likeness (QED) is 0.502. The van der Waals surface area contributed by atoms with Crippen LogP contribution in [0.1, 0.15) is 20.8 Å². The van der Waals surface area contributed by atoms with Crippen LogP contribution in [0, 0.1) is 5.92 Å². The molecular weight excluding hydrogens is 110 g/mol. The molecule has 0 aliphatic heterocycles. The lowest BCUT2D eigenvalue weighted by atomic mass is 10.1. The van der Waals surface area contributed by atoms with Crippen LogP contribution >= 0.6 is 0 Å². The van der Waals surface area contributed by atoms with Gasteiger partial charge >= 0.3 is 0 Å². The molecule has 0 saturated carbocycles. The van der Waals surface area contributed by atoms with E-state index in [4.69, 9.17) is 0 Å². The molecule has 0 bridgehead atoms. The molecule has 0 rings (SSSR count). The zero-order valence-corrected chi connectivity index (χ0v) is 6.68. The predicted octanol–water partition coefficient (Wildman–Crippen LogP) is 2.29. The first-order chi connectivity index (χ1) is 4.22. The molecule has 1 heteroatoms. The van der Waals surface area contributed by atoms with E-state index in [1.165, 1.54) is 0 Å². The molecule has 0 amide bonds. The van der Waals surface area contributed by atoms with Crippen molar-refractivity contribution in [2.75, 3.05) is 7.05 Å². The average Bonchev–Trinajstić information content (AvgIpc) is 1.82. The smallest absolute Gasteiger partial charge is 0.0366 e. The Labute approximate surface area is 57.5 Å². The fraction of sp³-hybridized carbons (Fsp3) is 0.625. The molecule has 0 heterocycles. The lowest BCUT2D eigenvalue weighted by Gasteiger charge is -2.01. The molecular formula is C8H15N. The van der Waals surface area contributed by atoms with Gasteiger partial charge in [0.15, 0.2) is 0 Å². The van der Waals surface area contributed by atoms with Crippen LogP contribution in [0.5, 0.6) is 0 Å². The largest absolute Gasteiger partial charge is 0.293 e. The van der Waals surface area contributed by atoms with E-state index in [0.29, 0.717) is 5.92 Å². The van der Waals surface area contributed by atoms with Gasteiger partial charge in [-0.05, 0) is 18.9 Å². The minimum atomic E-state index is 0.547. The van der Waals surface area contributed by atoms with Gasteiger partial charge in [0.05, 0.1) is 0 Å². The number of aliphatic imine (C=N–C) groups is 1. The van der Waals surface area contributed by atoms with Crippen LogP contribution in [0.2, 0.25) is 0 Å². The molecule has 0 aromatic carbocycles. The Balaban J connectivity index is 4.01. The van der Waals surface area contributed by atoms with E-state index in [-0.39, 0.29) is 0 Å². The van der Waals surface area contributed by atoms with Gasteiger partial charge in [-0.1, -0.05) is 19.9 Å². The maximum atomic E-state index is 4.11. The number of hydrogen-bond donors (Lipinski definition) is 0. The third-order valence-electron chi connectivity index (χ3n) is 1.19. The summed E-state index contributed by atoms with van der Waals surface area (Å²) < 4.78 is 0. The highest BCUT2D eigenvalue weighted by atomic mass is 14.7. The van der Waals surface area contributed by atoms with Crippen LogP contribution in [0.3, 0.4) is 0 Å². The van der Waals surface area contributed by atoms with Crippen LogP contribution in [0.15, 0.2) is 17.1 Å². The second kappa shape index (κ2) is 4.30. The van der Waals surface area contributed by atoms with E-state index >= 15 is 0 Å². The third kappa shape index (κ3) is 3.07. The summed E-state index contributed by atoms with van der Waals surface area (Å²) in [6, 6.07) is 0. The number of hydrogen-bond acceptors (Lipinski definition) is 1. The fourth-order valence-corrected chi connectivity index (χ4v) is 0.696. The maximum Gasteiger partial charge on any atom is 0.0366 e. The van der Waals surface area contributed by atoms with Crippen molar-refractivity contribution in [2.24, 2.45) is 10.9 Å². The fourth-order valence-electron chi connectivity index (χ4n) is 0.696. The van der Waals surface area contributed by atoms with E-state index in [2.05, 4.69) is 18.8 Å². The van der Waals surface area contributed by atoms with Gasteiger partial charge in [-0.15, -0.1) is 0 Å². The Hall–Kier alpha value is -0.590. The van der Waals surface area contributed by atoms with Crippen molar-refractivity contribution in [2.45, 2.75) is 20.8 Å². The van der Waals surface area contributed by atoms with Gasteiger partial charge in [0.25, 0.3) is 0 Å². The Morgan fingerprint density at radius 1 is 1.44 bits per heavy atom. The molecule has 0 aliphatic carbocycles. The number of rotatable bonds is 2. The van der Waals surface area contributed by atoms with Crippen molar-refractivity contribution in [3.8, 4) is 0 Å². The van der Waals surface area contributed by atoms with Gasteiger partial charge in [-0.25, -0.2) is 0 Å². The van der Waals surface area contributed by atoms with Gasteiger partial charge in [-0.3, -0.25) is 4.99 Å². The van der Waals surface area contributed by atoms with Crippen LogP contribution < -0.4 is 0 Å². The molecule has 52 valence electrons. The Kier molecular flexibility index (Phi) is 4.02. The predicted molar refractivity (Wildman–Crippen MR) is 43.0 cm³/mol. The van der Waals surface area contributed by atoms with Crippen molar-refractivity contribution in [3.63, 3.8) is 0 Å². The molecule has 0 aromatic heterocycles. The molecule has 0 fully saturated rings. The van der Waals surface area contributed by atoms with Crippen molar-refractivity contribution in [1.29, 1.82) is 0 Å². The molecule has 9 heavy (non-hydrogen) atoms. The second-order valence-electron chi connectivity index (χ2n) is 2.30. The minimum Gasteiger partial charge on any atom is -0.293 e. The Morgan fingerprint density at radius 2 is 2.00 bits per heavy atom. The van der Waals surface area contributed by atoms with Gasteiger partial charge in [0, 0.05) is 12.8 Å². The van der Waals surface area contributed by atoms with E-state index in [9.17, 15) is 0 Å². The highest BCUT2D eigenvalue weighted by molar-refractivity contribution is 5.96. The van der Waals surface area contributed by atoms with Crippen molar-refractivity contribution >= 4 is 5.71 Å². The van der Waals surface area contributed by atoms with Gasteiger partial charge in [-0.2, -0.15) is 0 Å². The molecule has 1 nitrogen and oxygen atoms in total. The van der Waals surface area contributed by atoms with Crippen LogP contribution in [-0.4, -0.2) is 12.8 Å². The molecule has 0 atom stereocenters. The topological polar surface area (TPSA) is 12.4 Å². The molecule has 0 radical (unpaired) electrons. The normalized spacial score (nSPS) is 13.7. The average molecular weight is 125 g/mol. The summed E-state index contributed by atoms with van der Waals surface area (Å²) in [4.78, 5) is 4.11. The van der Waals surface area contributed by atoms with Gasteiger partial charge in [0.1, 0.15) is 0 Å². The van der Waals surface area contributed by atoms with Crippen molar-refractivity contribution in [1.82, 2.24) is 0 Å². The summed E-state index contributed by atoms with van der Waals surface area (Å²) in [7, 11) is 1.83. The summed E-state index contributed by atoms with van der Waals surface area (Å²) >= 11 is 0. The summed E-state index contributed by atoms with van der Waals surface area (Å²) in [5, 5.41) is 0. The molecule has 0 aromatic rings. The molecule has 0 saturated heterocycles. The lowest BCUT2D eigenvalue weighted by Crippen LogP contribution is -2.02. The summed E-state index contributed by atoms with van der Waals surface area (Å²) in [6.07, 6.45) is 4.06. The van der Waals surface area contributed by atoms with Crippen molar-refractivity contribution < 1.29 is 0 Å². The SMILES string of the molecule is C/C=C\C(=NC)C(C)C. The molecule has 0 N–H and O–H groups in total. The number of allylic oxidation sites excluding steroid dienone is 2. The van der Waals surface area contributed by atoms with E-state index in [1.54, 1.807) is 0 Å². The lowest BCUT2D eigenvalue weighted by molar-refractivity contribution is 0.886. The van der Waals surface area contributed by atoms with Crippen LogP contribution in [0.4, 0.5) is 0 Å². The van der Waals surface area contributed by atoms with Crippen LogP contribution in [-0.2, 0) is 0 Å². The summed E-state index contributed by atoms with van der Waals surface area (Å²) in [5.74, 6) is 0.547. The highest BCUT2D eigenvalue weighted by Crippen LogP contribution is 1.97. The molecule has 0 unspecified atom stereocenters. The minimum absolute atomic E-state index is 0.547.